The van der Waals surface area contributed by atoms with Crippen molar-refractivity contribution < 1.29 is 18.3 Å². The molecule has 120 valence electrons. The van der Waals surface area contributed by atoms with Crippen LogP contribution in [0.2, 0.25) is 5.15 Å². The molecule has 10 heteroatoms. The summed E-state index contributed by atoms with van der Waals surface area (Å²) in [6.45, 7) is 0. The molecule has 2 aromatic heterocycles. The molecular formula is C13H9ClF3N5O. The van der Waals surface area contributed by atoms with Gasteiger partial charge in [0.1, 0.15) is 5.71 Å². The minimum Gasteiger partial charge on any atom is -0.365 e. The molecular weight excluding hydrogens is 335 g/mol. The minimum absolute atomic E-state index is 0.0675. The third-order valence-corrected chi connectivity index (χ3v) is 3.47. The molecule has 0 saturated carbocycles. The average Bonchev–Trinajstić information content (AvgIpc) is 2.88. The normalized spacial score (nSPS) is 21.4. The molecule has 1 atom stereocenters. The van der Waals surface area contributed by atoms with Gasteiger partial charge >= 0.3 is 6.18 Å². The van der Waals surface area contributed by atoms with E-state index in [9.17, 15) is 18.3 Å². The molecule has 3 heterocycles. The summed E-state index contributed by atoms with van der Waals surface area (Å²) in [5, 5.41) is 22.4. The molecule has 3 rings (SSSR count). The molecule has 0 amide bonds. The Hall–Kier alpha value is -2.26. The van der Waals surface area contributed by atoms with E-state index in [1.165, 1.54) is 36.7 Å². The number of aromatic nitrogens is 3. The van der Waals surface area contributed by atoms with Gasteiger partial charge in [-0.3, -0.25) is 4.98 Å². The van der Waals surface area contributed by atoms with E-state index in [-0.39, 0.29) is 16.5 Å². The largest absolute Gasteiger partial charge is 0.431 e. The Morgan fingerprint density at radius 2 is 2.00 bits per heavy atom. The van der Waals surface area contributed by atoms with Crippen LogP contribution in [0.25, 0.3) is 0 Å². The maximum atomic E-state index is 13.0. The Morgan fingerprint density at radius 3 is 2.57 bits per heavy atom. The van der Waals surface area contributed by atoms with Crippen molar-refractivity contribution in [1.82, 2.24) is 15.2 Å². The molecule has 0 bridgehead atoms. The standard InChI is InChI=1S/C13H9ClF3N5O/c14-10-3-4-11(20-19-10)22-12(23,8-2-1-5-18-7-8)6-9(21-22)13(15,16)17/h1-5,7,23H,6H2. The van der Waals surface area contributed by atoms with Crippen LogP contribution >= 0.6 is 11.6 Å². The summed E-state index contributed by atoms with van der Waals surface area (Å²) in [6, 6.07) is 5.62. The quantitative estimate of drug-likeness (QED) is 0.906. The molecule has 6 nitrogen and oxygen atoms in total. The Balaban J connectivity index is 2.10. The van der Waals surface area contributed by atoms with Gasteiger partial charge < -0.3 is 5.11 Å². The van der Waals surface area contributed by atoms with Crippen molar-refractivity contribution in [3.05, 3.63) is 47.4 Å². The van der Waals surface area contributed by atoms with E-state index in [0.717, 1.165) is 5.01 Å². The number of hydrazone groups is 1. The number of hydrogen-bond acceptors (Lipinski definition) is 6. The molecule has 0 aromatic carbocycles. The second-order valence-corrected chi connectivity index (χ2v) is 5.19. The summed E-state index contributed by atoms with van der Waals surface area (Å²) in [7, 11) is 0. The lowest BCUT2D eigenvalue weighted by Crippen LogP contribution is -2.41. The van der Waals surface area contributed by atoms with Crippen LogP contribution in [-0.4, -0.2) is 32.2 Å². The molecule has 1 aliphatic heterocycles. The molecule has 0 saturated heterocycles. The van der Waals surface area contributed by atoms with Crippen molar-refractivity contribution in [1.29, 1.82) is 0 Å². The number of aliphatic hydroxyl groups is 1. The highest BCUT2D eigenvalue weighted by Crippen LogP contribution is 2.41. The van der Waals surface area contributed by atoms with Gasteiger partial charge in [-0.05, 0) is 18.2 Å². The van der Waals surface area contributed by atoms with Gasteiger partial charge in [0, 0.05) is 18.0 Å². The number of nitrogens with zero attached hydrogens (tertiary/aromatic N) is 5. The number of pyridine rings is 1. The Morgan fingerprint density at radius 1 is 1.22 bits per heavy atom. The third-order valence-electron chi connectivity index (χ3n) is 3.27. The number of anilines is 1. The molecule has 1 unspecified atom stereocenters. The van der Waals surface area contributed by atoms with E-state index in [1.54, 1.807) is 0 Å². The highest BCUT2D eigenvalue weighted by Gasteiger charge is 2.52. The van der Waals surface area contributed by atoms with E-state index < -0.39 is 24.0 Å². The fraction of sp³-hybridized carbons (Fsp3) is 0.231. The fourth-order valence-electron chi connectivity index (χ4n) is 2.19. The predicted octanol–water partition coefficient (Wildman–Crippen LogP) is 2.50. The highest BCUT2D eigenvalue weighted by atomic mass is 35.5. The maximum absolute atomic E-state index is 13.0. The summed E-state index contributed by atoms with van der Waals surface area (Å²) < 4.78 is 39.1. The lowest BCUT2D eigenvalue weighted by Gasteiger charge is -2.31. The maximum Gasteiger partial charge on any atom is 0.431 e. The molecule has 1 N–H and O–H groups in total. The van der Waals surface area contributed by atoms with Crippen molar-refractivity contribution >= 4 is 23.1 Å². The zero-order valence-corrected chi connectivity index (χ0v) is 12.1. The van der Waals surface area contributed by atoms with Gasteiger partial charge in [0.25, 0.3) is 0 Å². The van der Waals surface area contributed by atoms with Gasteiger partial charge in [0.15, 0.2) is 16.7 Å². The van der Waals surface area contributed by atoms with Gasteiger partial charge in [0.05, 0.1) is 6.42 Å². The number of rotatable bonds is 2. The first-order chi connectivity index (χ1) is 10.8. The number of alkyl halides is 3. The second kappa shape index (κ2) is 5.43. The smallest absolute Gasteiger partial charge is 0.365 e. The van der Waals surface area contributed by atoms with E-state index >= 15 is 0 Å². The Bertz CT molecular complexity index is 738. The van der Waals surface area contributed by atoms with Crippen LogP contribution in [0.4, 0.5) is 19.0 Å². The van der Waals surface area contributed by atoms with Crippen molar-refractivity contribution in [2.75, 3.05) is 5.01 Å². The number of halogens is 4. The van der Waals surface area contributed by atoms with Crippen LogP contribution in [0.1, 0.15) is 12.0 Å². The first-order valence-corrected chi connectivity index (χ1v) is 6.75. The molecule has 0 fully saturated rings. The second-order valence-electron chi connectivity index (χ2n) is 4.81. The van der Waals surface area contributed by atoms with E-state index in [0.29, 0.717) is 0 Å². The zero-order chi connectivity index (χ0) is 16.7. The average molecular weight is 344 g/mol. The van der Waals surface area contributed by atoms with Gasteiger partial charge in [0.2, 0.25) is 0 Å². The molecule has 23 heavy (non-hydrogen) atoms. The lowest BCUT2D eigenvalue weighted by atomic mass is 9.99. The Labute approximate surface area is 133 Å². The fourth-order valence-corrected chi connectivity index (χ4v) is 2.29. The van der Waals surface area contributed by atoms with Gasteiger partial charge in [-0.1, -0.05) is 17.7 Å². The van der Waals surface area contributed by atoms with Crippen molar-refractivity contribution in [3.8, 4) is 0 Å². The van der Waals surface area contributed by atoms with Crippen LogP contribution in [-0.2, 0) is 5.72 Å². The van der Waals surface area contributed by atoms with E-state index in [1.807, 2.05) is 0 Å². The van der Waals surface area contributed by atoms with Gasteiger partial charge in [-0.2, -0.15) is 18.3 Å². The van der Waals surface area contributed by atoms with Crippen LogP contribution < -0.4 is 5.01 Å². The van der Waals surface area contributed by atoms with E-state index in [2.05, 4.69) is 20.3 Å². The molecule has 0 spiro atoms. The summed E-state index contributed by atoms with van der Waals surface area (Å²) in [4.78, 5) is 3.83. The van der Waals surface area contributed by atoms with Gasteiger partial charge in [-0.15, -0.1) is 10.2 Å². The predicted molar refractivity (Wildman–Crippen MR) is 75.8 cm³/mol. The molecule has 0 radical (unpaired) electrons. The molecule has 1 aliphatic rings. The SMILES string of the molecule is OC1(c2cccnc2)CC(C(F)(F)F)=NN1c1ccc(Cl)nn1. The van der Waals surface area contributed by atoms with Crippen molar-refractivity contribution in [2.24, 2.45) is 5.10 Å². The molecule has 0 aliphatic carbocycles. The minimum atomic E-state index is -4.68. The summed E-state index contributed by atoms with van der Waals surface area (Å²) in [5.41, 5.74) is -3.04. The first kappa shape index (κ1) is 15.6. The number of hydrogen-bond donors (Lipinski definition) is 1. The van der Waals surface area contributed by atoms with Crippen molar-refractivity contribution in [3.63, 3.8) is 0 Å². The third kappa shape index (κ3) is 2.84. The topological polar surface area (TPSA) is 74.5 Å². The monoisotopic (exact) mass is 343 g/mol. The first-order valence-electron chi connectivity index (χ1n) is 6.38. The van der Waals surface area contributed by atoms with Gasteiger partial charge in [-0.25, -0.2) is 5.01 Å². The summed E-state index contributed by atoms with van der Waals surface area (Å²) in [5.74, 6) is -0.0694. The van der Waals surface area contributed by atoms with Crippen LogP contribution in [0.3, 0.4) is 0 Å². The molecule has 2 aromatic rings. The summed E-state index contributed by atoms with van der Waals surface area (Å²) >= 11 is 5.63. The summed E-state index contributed by atoms with van der Waals surface area (Å²) in [6.07, 6.45) is -2.72. The lowest BCUT2D eigenvalue weighted by molar-refractivity contribution is -0.0626. The van der Waals surface area contributed by atoms with Crippen LogP contribution in [0, 0.1) is 0 Å². The Kier molecular flexibility index (Phi) is 3.69. The van der Waals surface area contributed by atoms with Crippen LogP contribution in [0.5, 0.6) is 0 Å². The van der Waals surface area contributed by atoms with E-state index in [4.69, 9.17) is 11.6 Å². The highest BCUT2D eigenvalue weighted by molar-refractivity contribution is 6.29. The van der Waals surface area contributed by atoms with Crippen molar-refractivity contribution in [2.45, 2.75) is 18.3 Å². The zero-order valence-electron chi connectivity index (χ0n) is 11.4. The van der Waals surface area contributed by atoms with Crippen LogP contribution in [0.15, 0.2) is 41.8 Å².